The van der Waals surface area contributed by atoms with Gasteiger partial charge in [-0.15, -0.1) is 0 Å². The predicted octanol–water partition coefficient (Wildman–Crippen LogP) is 5.89. The molecule has 0 saturated heterocycles. The molecule has 0 aliphatic rings. The molecule has 0 aliphatic carbocycles. The summed E-state index contributed by atoms with van der Waals surface area (Å²) in [6.45, 7) is 18.4. The second-order valence-corrected chi connectivity index (χ2v) is 9.98. The quantitative estimate of drug-likeness (QED) is 0.535. The van der Waals surface area contributed by atoms with Crippen LogP contribution in [0, 0.1) is 0 Å². The zero-order chi connectivity index (χ0) is 24.5. The first-order chi connectivity index (χ1) is 14.8. The van der Waals surface area contributed by atoms with Crippen molar-refractivity contribution < 1.29 is 9.53 Å². The van der Waals surface area contributed by atoms with Gasteiger partial charge in [-0.25, -0.2) is 9.97 Å². The number of carbonyl (C=O) groups excluding carboxylic acids is 1. The first kappa shape index (κ1) is 27.6. The number of hydrogen-bond acceptors (Lipinski definition) is 6. The van der Waals surface area contributed by atoms with Gasteiger partial charge < -0.3 is 10.1 Å². The normalized spacial score (nSPS) is 11.6. The molecule has 0 bridgehead atoms. The Kier molecular flexibility index (Phi) is 10.3. The molecule has 2 rings (SSSR count). The number of hydrogen-bond donors (Lipinski definition) is 1. The Bertz CT molecular complexity index is 860. The molecule has 0 aromatic carbocycles. The number of rotatable bonds is 7. The maximum atomic E-state index is 11.0. The Morgan fingerprint density at radius 1 is 1.09 bits per heavy atom. The molecular weight excluding hydrogens is 402 g/mol. The third kappa shape index (κ3) is 9.37. The van der Waals surface area contributed by atoms with Crippen LogP contribution in [0.25, 0.3) is 0 Å². The van der Waals surface area contributed by atoms with Crippen LogP contribution in [0.15, 0.2) is 12.3 Å². The minimum Gasteiger partial charge on any atom is -0.460 e. The molecule has 2 aromatic heterocycles. The van der Waals surface area contributed by atoms with E-state index in [2.05, 4.69) is 68.0 Å². The van der Waals surface area contributed by atoms with E-state index in [9.17, 15) is 4.79 Å². The molecule has 0 radical (unpaired) electrons. The SMILES string of the molecule is CCCCC(=O)OC(C)(C)C.CCc1cnc(Nc2cc(C(C)(C)C)nn2C)nc1CC. The zero-order valence-electron chi connectivity index (χ0n) is 21.8. The van der Waals surface area contributed by atoms with Crippen LogP contribution in [0.1, 0.15) is 98.5 Å². The topological polar surface area (TPSA) is 81.9 Å². The molecule has 32 heavy (non-hydrogen) atoms. The number of unbranched alkanes of at least 4 members (excludes halogenated alkanes) is 1. The van der Waals surface area contributed by atoms with Gasteiger partial charge >= 0.3 is 5.97 Å². The first-order valence-electron chi connectivity index (χ1n) is 11.7. The van der Waals surface area contributed by atoms with E-state index in [1.54, 1.807) is 0 Å². The molecule has 0 fully saturated rings. The molecule has 0 aliphatic heterocycles. The van der Waals surface area contributed by atoms with E-state index in [4.69, 9.17) is 4.74 Å². The van der Waals surface area contributed by atoms with Crippen molar-refractivity contribution in [2.45, 2.75) is 105 Å². The average molecular weight is 446 g/mol. The van der Waals surface area contributed by atoms with Gasteiger partial charge in [-0.05, 0) is 45.6 Å². The maximum absolute atomic E-state index is 11.0. The van der Waals surface area contributed by atoms with Gasteiger partial charge in [0.25, 0.3) is 0 Å². The first-order valence-corrected chi connectivity index (χ1v) is 11.7. The van der Waals surface area contributed by atoms with E-state index in [-0.39, 0.29) is 17.0 Å². The third-order valence-electron chi connectivity index (χ3n) is 4.71. The zero-order valence-corrected chi connectivity index (χ0v) is 21.8. The number of nitrogens with one attached hydrogen (secondary N) is 1. The lowest BCUT2D eigenvalue weighted by atomic mass is 9.92. The highest BCUT2D eigenvalue weighted by Gasteiger charge is 2.19. The standard InChI is InChI=1S/C16H25N5.C9H18O2/c1-7-11-10-17-15(18-12(11)8-2)19-14-9-13(16(3,4)5)20-21(14)6;1-5-6-7-8(10)11-9(2,3)4/h9-10H,7-8H2,1-6H3,(H,17,18,19);5-7H2,1-4H3. The van der Waals surface area contributed by atoms with Crippen LogP contribution in [0.4, 0.5) is 11.8 Å². The fourth-order valence-corrected chi connectivity index (χ4v) is 2.88. The summed E-state index contributed by atoms with van der Waals surface area (Å²) in [6.07, 6.45) is 6.31. The summed E-state index contributed by atoms with van der Waals surface area (Å²) in [6, 6.07) is 2.06. The van der Waals surface area contributed by atoms with E-state index < -0.39 is 0 Å². The summed E-state index contributed by atoms with van der Waals surface area (Å²) >= 11 is 0. The van der Waals surface area contributed by atoms with Gasteiger partial charge in [-0.1, -0.05) is 48.0 Å². The number of anilines is 2. The van der Waals surface area contributed by atoms with Crippen LogP contribution in [0.2, 0.25) is 0 Å². The minimum absolute atomic E-state index is 0.0270. The molecule has 2 heterocycles. The number of nitrogens with zero attached hydrogens (tertiary/aromatic N) is 4. The Balaban J connectivity index is 0.000000396. The Hall–Kier alpha value is -2.44. The molecule has 0 atom stereocenters. The summed E-state index contributed by atoms with van der Waals surface area (Å²) in [5.41, 5.74) is 3.06. The number of carbonyl (C=O) groups is 1. The molecule has 7 heteroatoms. The largest absolute Gasteiger partial charge is 0.460 e. The lowest BCUT2D eigenvalue weighted by Crippen LogP contribution is -2.23. The van der Waals surface area contributed by atoms with Crippen LogP contribution >= 0.6 is 0 Å². The molecule has 1 N–H and O–H groups in total. The van der Waals surface area contributed by atoms with Gasteiger partial charge in [0.1, 0.15) is 11.4 Å². The summed E-state index contributed by atoms with van der Waals surface area (Å²) < 4.78 is 6.94. The molecule has 0 spiro atoms. The van der Waals surface area contributed by atoms with Crippen molar-refractivity contribution in [3.8, 4) is 0 Å². The highest BCUT2D eigenvalue weighted by Crippen LogP contribution is 2.24. The van der Waals surface area contributed by atoms with Crippen molar-refractivity contribution in [2.24, 2.45) is 7.05 Å². The van der Waals surface area contributed by atoms with Crippen molar-refractivity contribution in [2.75, 3.05) is 5.32 Å². The van der Waals surface area contributed by atoms with Gasteiger partial charge in [0.05, 0.1) is 5.69 Å². The van der Waals surface area contributed by atoms with Crippen molar-refractivity contribution >= 4 is 17.7 Å². The average Bonchev–Trinajstić information content (AvgIpc) is 3.06. The smallest absolute Gasteiger partial charge is 0.306 e. The second kappa shape index (κ2) is 12.0. The molecule has 2 aromatic rings. The van der Waals surface area contributed by atoms with Crippen molar-refractivity contribution in [1.82, 2.24) is 19.7 Å². The highest BCUT2D eigenvalue weighted by molar-refractivity contribution is 5.69. The van der Waals surface area contributed by atoms with Crippen molar-refractivity contribution in [3.05, 3.63) is 29.2 Å². The summed E-state index contributed by atoms with van der Waals surface area (Å²) in [5, 5.41) is 7.82. The van der Waals surface area contributed by atoms with Crippen molar-refractivity contribution in [3.63, 3.8) is 0 Å². The summed E-state index contributed by atoms with van der Waals surface area (Å²) in [5.74, 6) is 1.46. The Morgan fingerprint density at radius 2 is 1.75 bits per heavy atom. The van der Waals surface area contributed by atoms with E-state index in [1.165, 1.54) is 5.56 Å². The van der Waals surface area contributed by atoms with Gasteiger partial charge in [-0.3, -0.25) is 9.48 Å². The lowest BCUT2D eigenvalue weighted by molar-refractivity contribution is -0.154. The Morgan fingerprint density at radius 3 is 2.22 bits per heavy atom. The Labute approximate surface area is 194 Å². The van der Waals surface area contributed by atoms with E-state index in [0.29, 0.717) is 12.4 Å². The monoisotopic (exact) mass is 445 g/mol. The molecular formula is C25H43N5O2. The number of aryl methyl sites for hydroxylation is 3. The number of ether oxygens (including phenoxy) is 1. The molecule has 0 unspecified atom stereocenters. The third-order valence-corrected chi connectivity index (χ3v) is 4.71. The van der Waals surface area contributed by atoms with Crippen LogP contribution in [0.5, 0.6) is 0 Å². The second-order valence-electron chi connectivity index (χ2n) is 9.98. The van der Waals surface area contributed by atoms with E-state index >= 15 is 0 Å². The van der Waals surface area contributed by atoms with E-state index in [1.807, 2.05) is 38.7 Å². The lowest BCUT2D eigenvalue weighted by Gasteiger charge is -2.19. The van der Waals surface area contributed by atoms with E-state index in [0.717, 1.165) is 42.9 Å². The van der Waals surface area contributed by atoms with Crippen molar-refractivity contribution in [1.29, 1.82) is 0 Å². The van der Waals surface area contributed by atoms with Crippen LogP contribution < -0.4 is 5.32 Å². The van der Waals surface area contributed by atoms with Gasteiger partial charge in [0.2, 0.25) is 5.95 Å². The highest BCUT2D eigenvalue weighted by atomic mass is 16.6. The fourth-order valence-electron chi connectivity index (χ4n) is 2.88. The minimum atomic E-state index is -0.329. The van der Waals surface area contributed by atoms with Gasteiger partial charge in [-0.2, -0.15) is 5.10 Å². The molecule has 0 saturated carbocycles. The summed E-state index contributed by atoms with van der Waals surface area (Å²) in [4.78, 5) is 20.0. The van der Waals surface area contributed by atoms with Crippen LogP contribution in [-0.4, -0.2) is 31.3 Å². The maximum Gasteiger partial charge on any atom is 0.306 e. The molecule has 180 valence electrons. The fraction of sp³-hybridized carbons (Fsp3) is 0.680. The number of aromatic nitrogens is 4. The van der Waals surface area contributed by atoms with Crippen LogP contribution in [0.3, 0.4) is 0 Å². The molecule has 7 nitrogen and oxygen atoms in total. The van der Waals surface area contributed by atoms with Gasteiger partial charge in [0, 0.05) is 36.8 Å². The van der Waals surface area contributed by atoms with Gasteiger partial charge in [0.15, 0.2) is 0 Å². The molecule has 0 amide bonds. The number of esters is 1. The predicted molar refractivity (Wildman–Crippen MR) is 131 cm³/mol. The summed E-state index contributed by atoms with van der Waals surface area (Å²) in [7, 11) is 1.93. The van der Waals surface area contributed by atoms with Crippen LogP contribution in [-0.2, 0) is 34.8 Å².